The van der Waals surface area contributed by atoms with Crippen LogP contribution in [-0.4, -0.2) is 17.1 Å². The van der Waals surface area contributed by atoms with E-state index in [0.717, 1.165) is 22.7 Å². The fraction of sp³-hybridized carbons (Fsp3) is 0.375. The number of hydrogen-bond acceptors (Lipinski definition) is 4. The van der Waals surface area contributed by atoms with Gasteiger partial charge in [-0.2, -0.15) is 0 Å². The van der Waals surface area contributed by atoms with Gasteiger partial charge in [0.25, 0.3) is 0 Å². The molecule has 0 unspecified atom stereocenters. The molecule has 1 heterocycles. The Bertz CT molecular complexity index is 593. The third-order valence-electron chi connectivity index (χ3n) is 3.24. The Morgan fingerprint density at radius 1 is 1.38 bits per heavy atom. The van der Waals surface area contributed by atoms with E-state index in [-0.39, 0.29) is 11.9 Å². The maximum Gasteiger partial charge on any atom is 0.226 e. The summed E-state index contributed by atoms with van der Waals surface area (Å²) in [5, 5.41) is 6.08. The first-order valence-corrected chi connectivity index (χ1v) is 9.09. The van der Waals surface area contributed by atoms with Crippen molar-refractivity contribution in [1.29, 1.82) is 0 Å². The van der Waals surface area contributed by atoms with Crippen LogP contribution in [0.5, 0.6) is 0 Å². The first-order valence-electron chi connectivity index (χ1n) is 6.99. The van der Waals surface area contributed by atoms with Crippen LogP contribution in [0.3, 0.4) is 0 Å². The molecule has 0 saturated carbocycles. The SMILES string of the molecule is CCc1nc(CC(=O)N[C@@H](C)c2ccc(SC)cc2)cs1. The smallest absolute Gasteiger partial charge is 0.226 e. The van der Waals surface area contributed by atoms with E-state index in [2.05, 4.69) is 47.7 Å². The maximum absolute atomic E-state index is 12.1. The summed E-state index contributed by atoms with van der Waals surface area (Å²) in [6, 6.07) is 8.30. The largest absolute Gasteiger partial charge is 0.349 e. The Morgan fingerprint density at radius 3 is 2.67 bits per heavy atom. The summed E-state index contributed by atoms with van der Waals surface area (Å²) in [6.07, 6.45) is 3.33. The Morgan fingerprint density at radius 2 is 2.10 bits per heavy atom. The summed E-state index contributed by atoms with van der Waals surface area (Å²) in [5.41, 5.74) is 1.98. The van der Waals surface area contributed by atoms with E-state index < -0.39 is 0 Å². The molecule has 3 nitrogen and oxygen atoms in total. The number of hydrogen-bond donors (Lipinski definition) is 1. The quantitative estimate of drug-likeness (QED) is 0.822. The highest BCUT2D eigenvalue weighted by Crippen LogP contribution is 2.19. The molecule has 1 aromatic heterocycles. The highest BCUT2D eigenvalue weighted by Gasteiger charge is 2.11. The first kappa shape index (κ1) is 16.0. The average Bonchev–Trinajstić information content (AvgIpc) is 2.94. The minimum atomic E-state index is 0.0117. The van der Waals surface area contributed by atoms with Crippen molar-refractivity contribution in [1.82, 2.24) is 10.3 Å². The molecule has 1 amide bonds. The van der Waals surface area contributed by atoms with E-state index in [1.165, 1.54) is 4.90 Å². The Hall–Kier alpha value is -1.33. The molecule has 0 spiro atoms. The standard InChI is InChI=1S/C16H20N2OS2/c1-4-16-18-13(10-21-16)9-15(19)17-11(2)12-5-7-14(20-3)8-6-12/h5-8,10-11H,4,9H2,1-3H3,(H,17,19)/t11-/m0/s1. The zero-order valence-electron chi connectivity index (χ0n) is 12.6. The third kappa shape index (κ3) is 4.58. The molecule has 1 atom stereocenters. The van der Waals surface area contributed by atoms with E-state index in [4.69, 9.17) is 0 Å². The Kier molecular flexibility index (Phi) is 5.82. The van der Waals surface area contributed by atoms with Gasteiger partial charge < -0.3 is 5.32 Å². The molecule has 0 radical (unpaired) electrons. The van der Waals surface area contributed by atoms with Gasteiger partial charge in [0.15, 0.2) is 0 Å². The van der Waals surface area contributed by atoms with Crippen molar-refractivity contribution in [3.05, 3.63) is 45.9 Å². The van der Waals surface area contributed by atoms with Gasteiger partial charge in [0.1, 0.15) is 0 Å². The highest BCUT2D eigenvalue weighted by molar-refractivity contribution is 7.98. The molecule has 0 bridgehead atoms. The lowest BCUT2D eigenvalue weighted by Gasteiger charge is -2.14. The van der Waals surface area contributed by atoms with Crippen LogP contribution in [0.1, 0.15) is 36.2 Å². The molecule has 0 fully saturated rings. The third-order valence-corrected chi connectivity index (χ3v) is 5.02. The number of thioether (sulfide) groups is 1. The van der Waals surface area contributed by atoms with Gasteiger partial charge in [-0.3, -0.25) is 4.79 Å². The number of nitrogens with one attached hydrogen (secondary N) is 1. The molecule has 0 aliphatic carbocycles. The number of carbonyl (C=O) groups excluding carboxylic acids is 1. The predicted octanol–water partition coefficient (Wildman–Crippen LogP) is 3.85. The lowest BCUT2D eigenvalue weighted by Crippen LogP contribution is -2.28. The molecule has 2 aromatic rings. The minimum absolute atomic E-state index is 0.0117. The van der Waals surface area contributed by atoms with Crippen molar-refractivity contribution in [2.75, 3.05) is 6.26 Å². The van der Waals surface area contributed by atoms with Gasteiger partial charge in [-0.05, 0) is 37.3 Å². The second kappa shape index (κ2) is 7.61. The van der Waals surface area contributed by atoms with Crippen molar-refractivity contribution in [3.63, 3.8) is 0 Å². The second-order valence-corrected chi connectivity index (χ2v) is 6.65. The molecule has 0 aliphatic rings. The van der Waals surface area contributed by atoms with Gasteiger partial charge in [-0.25, -0.2) is 4.98 Å². The summed E-state index contributed by atoms with van der Waals surface area (Å²) in [5.74, 6) is 0.0180. The van der Waals surface area contributed by atoms with Crippen molar-refractivity contribution in [2.45, 2.75) is 37.6 Å². The molecule has 5 heteroatoms. The van der Waals surface area contributed by atoms with Crippen molar-refractivity contribution >= 4 is 29.0 Å². The van der Waals surface area contributed by atoms with E-state index in [0.29, 0.717) is 6.42 Å². The monoisotopic (exact) mass is 320 g/mol. The highest BCUT2D eigenvalue weighted by atomic mass is 32.2. The number of aromatic nitrogens is 1. The summed E-state index contributed by atoms with van der Waals surface area (Å²) < 4.78 is 0. The zero-order chi connectivity index (χ0) is 15.2. The average molecular weight is 320 g/mol. The number of rotatable bonds is 6. The van der Waals surface area contributed by atoms with E-state index in [1.54, 1.807) is 23.1 Å². The van der Waals surface area contributed by atoms with Crippen LogP contribution in [-0.2, 0) is 17.6 Å². The van der Waals surface area contributed by atoms with Gasteiger partial charge in [0, 0.05) is 10.3 Å². The molecule has 21 heavy (non-hydrogen) atoms. The fourth-order valence-electron chi connectivity index (χ4n) is 2.03. The molecular formula is C16H20N2OS2. The zero-order valence-corrected chi connectivity index (χ0v) is 14.2. The van der Waals surface area contributed by atoms with Crippen LogP contribution in [0.25, 0.3) is 0 Å². The lowest BCUT2D eigenvalue weighted by molar-refractivity contribution is -0.121. The Labute approximate surface area is 134 Å². The van der Waals surface area contributed by atoms with Crippen LogP contribution in [0.2, 0.25) is 0 Å². The van der Waals surface area contributed by atoms with Gasteiger partial charge in [0.2, 0.25) is 5.91 Å². The van der Waals surface area contributed by atoms with Gasteiger partial charge in [0.05, 0.1) is 23.2 Å². The topological polar surface area (TPSA) is 42.0 Å². The van der Waals surface area contributed by atoms with Crippen molar-refractivity contribution in [2.24, 2.45) is 0 Å². The summed E-state index contributed by atoms with van der Waals surface area (Å²) in [4.78, 5) is 17.7. The molecule has 0 saturated heterocycles. The maximum atomic E-state index is 12.1. The second-order valence-electron chi connectivity index (χ2n) is 4.83. The van der Waals surface area contributed by atoms with Crippen LogP contribution in [0.15, 0.2) is 34.5 Å². The molecule has 1 aromatic carbocycles. The number of amides is 1. The summed E-state index contributed by atoms with van der Waals surface area (Å²) >= 11 is 3.33. The van der Waals surface area contributed by atoms with E-state index >= 15 is 0 Å². The van der Waals surface area contributed by atoms with Crippen LogP contribution >= 0.6 is 23.1 Å². The first-order chi connectivity index (χ1) is 10.1. The van der Waals surface area contributed by atoms with Crippen LogP contribution in [0.4, 0.5) is 0 Å². The van der Waals surface area contributed by atoms with Gasteiger partial charge in [-0.15, -0.1) is 23.1 Å². The normalized spacial score (nSPS) is 12.1. The summed E-state index contributed by atoms with van der Waals surface area (Å²) in [7, 11) is 0. The van der Waals surface area contributed by atoms with Gasteiger partial charge in [-0.1, -0.05) is 19.1 Å². The summed E-state index contributed by atoms with van der Waals surface area (Å²) in [6.45, 7) is 4.08. The van der Waals surface area contributed by atoms with Crippen molar-refractivity contribution in [3.8, 4) is 0 Å². The molecular weight excluding hydrogens is 300 g/mol. The fourth-order valence-corrected chi connectivity index (χ4v) is 3.18. The molecule has 2 rings (SSSR count). The predicted molar refractivity (Wildman–Crippen MR) is 90.0 cm³/mol. The minimum Gasteiger partial charge on any atom is -0.349 e. The number of carbonyl (C=O) groups is 1. The molecule has 0 aliphatic heterocycles. The number of nitrogens with zero attached hydrogens (tertiary/aromatic N) is 1. The lowest BCUT2D eigenvalue weighted by atomic mass is 10.1. The molecule has 112 valence electrons. The van der Waals surface area contributed by atoms with Crippen LogP contribution in [0, 0.1) is 0 Å². The van der Waals surface area contributed by atoms with Gasteiger partial charge >= 0.3 is 0 Å². The number of aryl methyl sites for hydroxylation is 1. The van der Waals surface area contributed by atoms with E-state index in [9.17, 15) is 4.79 Å². The number of thiazole rings is 1. The van der Waals surface area contributed by atoms with Crippen LogP contribution < -0.4 is 5.32 Å². The number of benzene rings is 1. The van der Waals surface area contributed by atoms with E-state index in [1.807, 2.05) is 12.3 Å². The molecule has 1 N–H and O–H groups in total. The van der Waals surface area contributed by atoms with Crippen molar-refractivity contribution < 1.29 is 4.79 Å². The Balaban J connectivity index is 1.91.